The van der Waals surface area contributed by atoms with Crippen LogP contribution in [0.3, 0.4) is 0 Å². The third kappa shape index (κ3) is 5.93. The van der Waals surface area contributed by atoms with Crippen molar-refractivity contribution in [1.82, 2.24) is 0 Å². The van der Waals surface area contributed by atoms with Crippen LogP contribution in [0.15, 0.2) is 35.7 Å². The smallest absolute Gasteiger partial charge is 0.339 e. The molecule has 1 aromatic carbocycles. The van der Waals surface area contributed by atoms with E-state index in [1.807, 2.05) is 12.1 Å². The molecule has 22 heavy (non-hydrogen) atoms. The number of carbonyl (C=O) groups excluding carboxylic acids is 1. The quantitative estimate of drug-likeness (QED) is 0.295. The first-order chi connectivity index (χ1) is 9.75. The van der Waals surface area contributed by atoms with Crippen molar-refractivity contribution in [2.24, 2.45) is 0 Å². The first kappa shape index (κ1) is 20.2. The molecule has 1 N–H and O–H groups in total. The summed E-state index contributed by atoms with van der Waals surface area (Å²) in [5.74, 6) is -1.10. The van der Waals surface area contributed by atoms with Gasteiger partial charge in [0.2, 0.25) is 0 Å². The van der Waals surface area contributed by atoms with E-state index in [1.165, 1.54) is 12.5 Å². The van der Waals surface area contributed by atoms with Gasteiger partial charge in [-0.1, -0.05) is 45.0 Å². The minimum Gasteiger partial charge on any atom is -0.523 e. The molecule has 0 bridgehead atoms. The van der Waals surface area contributed by atoms with Crippen molar-refractivity contribution in [3.63, 3.8) is 0 Å². The number of benzene rings is 1. The van der Waals surface area contributed by atoms with E-state index in [0.29, 0.717) is 6.42 Å². The van der Waals surface area contributed by atoms with Gasteiger partial charge < -0.3 is 9.84 Å². The normalized spacial score (nSPS) is 11.8. The molecule has 4 nitrogen and oxygen atoms in total. The predicted molar refractivity (Wildman–Crippen MR) is 81.7 cm³/mol. The van der Waals surface area contributed by atoms with Crippen molar-refractivity contribution in [2.45, 2.75) is 39.5 Å². The Kier molecular flexibility index (Phi) is 7.94. The SMILES string of the molecule is [C-]#[N+]/C(C(=O)OCCc1ccc(C(C)(C)C)cc1)=C(\C)O.[Cu]. The van der Waals surface area contributed by atoms with Crippen LogP contribution in [0.2, 0.25) is 0 Å². The number of aliphatic hydroxyl groups excluding tert-OH is 1. The molecule has 0 aromatic heterocycles. The van der Waals surface area contributed by atoms with Gasteiger partial charge in [-0.3, -0.25) is 4.79 Å². The second kappa shape index (κ2) is 8.63. The summed E-state index contributed by atoms with van der Waals surface area (Å²) in [6.07, 6.45) is 0.575. The summed E-state index contributed by atoms with van der Waals surface area (Å²) in [5.41, 5.74) is 2.05. The van der Waals surface area contributed by atoms with Gasteiger partial charge in [-0.25, -0.2) is 4.85 Å². The Labute approximate surface area is 142 Å². The fourth-order valence-electron chi connectivity index (χ4n) is 1.78. The van der Waals surface area contributed by atoms with Crippen LogP contribution in [-0.2, 0) is 38.4 Å². The van der Waals surface area contributed by atoms with Crippen molar-refractivity contribution in [2.75, 3.05) is 6.61 Å². The number of carbonyl (C=O) groups is 1. The molecule has 123 valence electrons. The summed E-state index contributed by atoms with van der Waals surface area (Å²) < 4.78 is 4.99. The van der Waals surface area contributed by atoms with Crippen LogP contribution < -0.4 is 0 Å². The number of nitrogens with zero attached hydrogens (tertiary/aromatic N) is 1. The summed E-state index contributed by atoms with van der Waals surface area (Å²) in [6.45, 7) is 14.7. The molecule has 0 aliphatic heterocycles. The van der Waals surface area contributed by atoms with Gasteiger partial charge in [-0.2, -0.15) is 0 Å². The van der Waals surface area contributed by atoms with Crippen LogP contribution in [0.1, 0.15) is 38.8 Å². The first-order valence-electron chi connectivity index (χ1n) is 6.79. The summed E-state index contributed by atoms with van der Waals surface area (Å²) in [4.78, 5) is 14.5. The molecule has 0 saturated carbocycles. The zero-order valence-corrected chi connectivity index (χ0v) is 14.2. The maximum Gasteiger partial charge on any atom is 0.339 e. The summed E-state index contributed by atoms with van der Waals surface area (Å²) >= 11 is 0. The fourth-order valence-corrected chi connectivity index (χ4v) is 1.78. The molecule has 0 spiro atoms. The van der Waals surface area contributed by atoms with Gasteiger partial charge in [0.1, 0.15) is 5.76 Å². The number of hydrogen-bond donors (Lipinski definition) is 1. The molecule has 0 fully saturated rings. The van der Waals surface area contributed by atoms with Crippen molar-refractivity contribution < 1.29 is 31.7 Å². The van der Waals surface area contributed by atoms with Crippen molar-refractivity contribution in [3.8, 4) is 0 Å². The van der Waals surface area contributed by atoms with Gasteiger partial charge >= 0.3 is 11.7 Å². The molecule has 1 rings (SSSR count). The standard InChI is InChI=1S/C17H21NO3.Cu/c1-12(19)15(18-5)16(20)21-11-10-13-6-8-14(9-7-13)17(2,3)4;/h6-9,19H,10-11H2,1-4H3;/b15-12+;. The average molecular weight is 351 g/mol. The van der Waals surface area contributed by atoms with E-state index in [-0.39, 0.29) is 40.5 Å². The molecule has 0 aliphatic carbocycles. The second-order valence-electron chi connectivity index (χ2n) is 5.88. The molecule has 0 aliphatic rings. The summed E-state index contributed by atoms with van der Waals surface area (Å²) in [6, 6.07) is 8.16. The Morgan fingerprint density at radius 1 is 1.27 bits per heavy atom. The molecule has 1 radical (unpaired) electrons. The Balaban J connectivity index is 0.00000441. The van der Waals surface area contributed by atoms with Crippen LogP contribution in [0.5, 0.6) is 0 Å². The molecule has 5 heteroatoms. The van der Waals surface area contributed by atoms with Crippen LogP contribution in [0.25, 0.3) is 4.85 Å². The second-order valence-corrected chi connectivity index (χ2v) is 5.88. The van der Waals surface area contributed by atoms with E-state index in [0.717, 1.165) is 5.56 Å². The average Bonchev–Trinajstić information content (AvgIpc) is 2.38. The Morgan fingerprint density at radius 3 is 2.23 bits per heavy atom. The molecule has 0 heterocycles. The van der Waals surface area contributed by atoms with Crippen LogP contribution in [-0.4, -0.2) is 17.7 Å². The molecular formula is C17H21CuNO3. The fraction of sp³-hybridized carbons (Fsp3) is 0.412. The van der Waals surface area contributed by atoms with E-state index in [4.69, 9.17) is 11.3 Å². The van der Waals surface area contributed by atoms with Crippen molar-refractivity contribution >= 4 is 5.97 Å². The summed E-state index contributed by atoms with van der Waals surface area (Å²) in [7, 11) is 0. The monoisotopic (exact) mass is 350 g/mol. The first-order valence-corrected chi connectivity index (χ1v) is 6.79. The zero-order chi connectivity index (χ0) is 16.0. The number of allylic oxidation sites excluding steroid dienone is 1. The van der Waals surface area contributed by atoms with Gasteiger partial charge in [0.25, 0.3) is 0 Å². The van der Waals surface area contributed by atoms with E-state index in [1.54, 1.807) is 0 Å². The van der Waals surface area contributed by atoms with Gasteiger partial charge in [0, 0.05) is 23.5 Å². The van der Waals surface area contributed by atoms with E-state index in [2.05, 4.69) is 37.7 Å². The zero-order valence-electron chi connectivity index (χ0n) is 13.2. The molecular weight excluding hydrogens is 330 g/mol. The number of aliphatic hydroxyl groups is 1. The third-order valence-electron chi connectivity index (χ3n) is 3.09. The molecule has 0 amide bonds. The molecule has 0 atom stereocenters. The van der Waals surface area contributed by atoms with Gasteiger partial charge in [0.15, 0.2) is 0 Å². The minimum absolute atomic E-state index is 0. The minimum atomic E-state index is -0.781. The largest absolute Gasteiger partial charge is 0.523 e. The number of hydrogen-bond acceptors (Lipinski definition) is 3. The Morgan fingerprint density at radius 2 is 1.82 bits per heavy atom. The van der Waals surface area contributed by atoms with Gasteiger partial charge in [0.05, 0.1) is 13.2 Å². The topological polar surface area (TPSA) is 50.9 Å². The maximum atomic E-state index is 11.5. The van der Waals surface area contributed by atoms with E-state index >= 15 is 0 Å². The Hall–Kier alpha value is -1.76. The van der Waals surface area contributed by atoms with E-state index in [9.17, 15) is 9.90 Å². The maximum absolute atomic E-state index is 11.5. The third-order valence-corrected chi connectivity index (χ3v) is 3.09. The van der Waals surface area contributed by atoms with E-state index < -0.39 is 5.97 Å². The molecule has 1 aromatic rings. The van der Waals surface area contributed by atoms with Crippen molar-refractivity contribution in [3.05, 3.63) is 58.3 Å². The number of ether oxygens (including phenoxy) is 1. The molecule has 0 saturated heterocycles. The van der Waals surface area contributed by atoms with Crippen LogP contribution >= 0.6 is 0 Å². The molecule has 0 unspecified atom stereocenters. The van der Waals surface area contributed by atoms with Gasteiger partial charge in [-0.15, -0.1) is 0 Å². The number of esters is 1. The number of rotatable bonds is 4. The van der Waals surface area contributed by atoms with Gasteiger partial charge in [-0.05, 0) is 23.5 Å². The van der Waals surface area contributed by atoms with Crippen molar-refractivity contribution in [1.29, 1.82) is 0 Å². The predicted octanol–water partition coefficient (Wildman–Crippen LogP) is 3.78. The Bertz CT molecular complexity index is 573. The summed E-state index contributed by atoms with van der Waals surface area (Å²) in [5, 5.41) is 9.17. The van der Waals surface area contributed by atoms with Crippen LogP contribution in [0, 0.1) is 6.57 Å². The van der Waals surface area contributed by atoms with Crippen LogP contribution in [0.4, 0.5) is 0 Å².